The Labute approximate surface area is 191 Å². The predicted molar refractivity (Wildman–Crippen MR) is 135 cm³/mol. The fourth-order valence-corrected chi connectivity index (χ4v) is 4.69. The van der Waals surface area contributed by atoms with Gasteiger partial charge in [-0.3, -0.25) is 0 Å². The maximum atomic E-state index is 6.37. The third-order valence-corrected chi connectivity index (χ3v) is 6.17. The highest BCUT2D eigenvalue weighted by Gasteiger charge is 2.18. The molecule has 0 fully saturated rings. The van der Waals surface area contributed by atoms with Gasteiger partial charge in [-0.1, -0.05) is 96.5 Å². The van der Waals surface area contributed by atoms with E-state index in [9.17, 15) is 0 Å². The van der Waals surface area contributed by atoms with Crippen LogP contribution in [0, 0.1) is 0 Å². The van der Waals surface area contributed by atoms with E-state index in [2.05, 4.69) is 78.9 Å². The molecular formula is C30H19ClO. The number of fused-ring (bicyclic) bond motifs is 3. The van der Waals surface area contributed by atoms with E-state index in [0.29, 0.717) is 0 Å². The van der Waals surface area contributed by atoms with Gasteiger partial charge in [0.2, 0.25) is 0 Å². The summed E-state index contributed by atoms with van der Waals surface area (Å²) in [7, 11) is 0. The Morgan fingerprint density at radius 1 is 0.500 bits per heavy atom. The average Bonchev–Trinajstić information content (AvgIpc) is 3.23. The topological polar surface area (TPSA) is 13.1 Å². The second-order valence-corrected chi connectivity index (χ2v) is 8.35. The number of benzene rings is 5. The van der Waals surface area contributed by atoms with Crippen molar-refractivity contribution in [1.29, 1.82) is 0 Å². The van der Waals surface area contributed by atoms with Crippen LogP contribution < -0.4 is 0 Å². The van der Waals surface area contributed by atoms with Gasteiger partial charge in [0.05, 0.1) is 0 Å². The summed E-state index contributed by atoms with van der Waals surface area (Å²) in [5.74, 6) is 0. The average molecular weight is 431 g/mol. The molecule has 0 radical (unpaired) electrons. The van der Waals surface area contributed by atoms with E-state index >= 15 is 0 Å². The van der Waals surface area contributed by atoms with E-state index in [1.165, 1.54) is 11.1 Å². The molecule has 5 aromatic carbocycles. The highest BCUT2D eigenvalue weighted by Crippen LogP contribution is 2.43. The molecule has 152 valence electrons. The van der Waals surface area contributed by atoms with Gasteiger partial charge in [0.1, 0.15) is 11.2 Å². The minimum atomic E-state index is 0.726. The molecule has 1 nitrogen and oxygen atoms in total. The number of hydrogen-bond acceptors (Lipinski definition) is 1. The van der Waals surface area contributed by atoms with Crippen molar-refractivity contribution >= 4 is 33.5 Å². The fraction of sp³-hybridized carbons (Fsp3) is 0. The first kappa shape index (κ1) is 18.9. The predicted octanol–water partition coefficient (Wildman–Crippen LogP) is 9.24. The Kier molecular flexibility index (Phi) is 4.56. The van der Waals surface area contributed by atoms with Gasteiger partial charge < -0.3 is 4.42 Å². The summed E-state index contributed by atoms with van der Waals surface area (Å²) in [5, 5.41) is 2.97. The quantitative estimate of drug-likeness (QED) is 0.272. The van der Waals surface area contributed by atoms with Gasteiger partial charge in [-0.2, -0.15) is 0 Å². The van der Waals surface area contributed by atoms with Crippen LogP contribution in [0.4, 0.5) is 0 Å². The van der Waals surface area contributed by atoms with E-state index in [0.717, 1.165) is 49.2 Å². The summed E-state index contributed by atoms with van der Waals surface area (Å²) in [6, 6.07) is 39.7. The lowest BCUT2D eigenvalue weighted by atomic mass is 9.89. The molecule has 6 aromatic rings. The van der Waals surface area contributed by atoms with Crippen LogP contribution in [0.5, 0.6) is 0 Å². The molecule has 0 N–H and O–H groups in total. The van der Waals surface area contributed by atoms with Crippen LogP contribution in [0.1, 0.15) is 0 Å². The van der Waals surface area contributed by atoms with Gasteiger partial charge in [0, 0.05) is 21.4 Å². The number of halogens is 1. The zero-order valence-electron chi connectivity index (χ0n) is 17.3. The van der Waals surface area contributed by atoms with Crippen molar-refractivity contribution in [2.75, 3.05) is 0 Å². The molecule has 0 saturated carbocycles. The number of para-hydroxylation sites is 1. The normalized spacial score (nSPS) is 11.3. The van der Waals surface area contributed by atoms with Crippen LogP contribution in [0.15, 0.2) is 120 Å². The van der Waals surface area contributed by atoms with Crippen molar-refractivity contribution in [1.82, 2.24) is 0 Å². The minimum absolute atomic E-state index is 0.726. The van der Waals surface area contributed by atoms with Crippen molar-refractivity contribution in [2.24, 2.45) is 0 Å². The number of furan rings is 1. The van der Waals surface area contributed by atoms with Crippen LogP contribution in [-0.2, 0) is 0 Å². The Balaban J connectivity index is 1.70. The van der Waals surface area contributed by atoms with Gasteiger partial charge in [-0.05, 0) is 58.1 Å². The maximum Gasteiger partial charge on any atom is 0.136 e. The van der Waals surface area contributed by atoms with Crippen molar-refractivity contribution in [2.45, 2.75) is 0 Å². The van der Waals surface area contributed by atoms with Crippen LogP contribution in [-0.4, -0.2) is 0 Å². The highest BCUT2D eigenvalue weighted by atomic mass is 35.5. The van der Waals surface area contributed by atoms with E-state index in [1.807, 2.05) is 36.4 Å². The van der Waals surface area contributed by atoms with Crippen molar-refractivity contribution in [3.8, 4) is 33.4 Å². The second-order valence-electron chi connectivity index (χ2n) is 7.92. The summed E-state index contributed by atoms with van der Waals surface area (Å²) in [6.07, 6.45) is 0. The zero-order valence-corrected chi connectivity index (χ0v) is 18.0. The molecule has 1 heterocycles. The number of hydrogen-bond donors (Lipinski definition) is 0. The SMILES string of the molecule is Clc1cccc(-c2ccc3oc4ccccc4c3c2-c2cccc(-c3ccccc3)c2)c1. The molecule has 32 heavy (non-hydrogen) atoms. The summed E-state index contributed by atoms with van der Waals surface area (Å²) in [6.45, 7) is 0. The second kappa shape index (κ2) is 7.71. The Hall–Kier alpha value is -3.81. The molecule has 0 saturated heterocycles. The molecule has 0 unspecified atom stereocenters. The molecule has 0 aliphatic heterocycles. The molecule has 0 aliphatic rings. The van der Waals surface area contributed by atoms with E-state index in [-0.39, 0.29) is 0 Å². The van der Waals surface area contributed by atoms with E-state index in [1.54, 1.807) is 0 Å². The third kappa shape index (κ3) is 3.19. The van der Waals surface area contributed by atoms with Crippen molar-refractivity contribution in [3.05, 3.63) is 120 Å². The summed E-state index contributed by atoms with van der Waals surface area (Å²) in [5.41, 5.74) is 8.70. The molecule has 0 amide bonds. The molecule has 6 rings (SSSR count). The lowest BCUT2D eigenvalue weighted by Gasteiger charge is -2.14. The smallest absolute Gasteiger partial charge is 0.136 e. The van der Waals surface area contributed by atoms with Gasteiger partial charge in [0.25, 0.3) is 0 Å². The van der Waals surface area contributed by atoms with Crippen LogP contribution in [0.25, 0.3) is 55.3 Å². The maximum absolute atomic E-state index is 6.37. The lowest BCUT2D eigenvalue weighted by molar-refractivity contribution is 0.669. The molecule has 0 aliphatic carbocycles. The van der Waals surface area contributed by atoms with E-state index in [4.69, 9.17) is 16.0 Å². The molecule has 2 heteroatoms. The molecule has 0 atom stereocenters. The van der Waals surface area contributed by atoms with Crippen molar-refractivity contribution < 1.29 is 4.42 Å². The third-order valence-electron chi connectivity index (χ3n) is 5.94. The van der Waals surface area contributed by atoms with Gasteiger partial charge in [0.15, 0.2) is 0 Å². The Morgan fingerprint density at radius 2 is 1.22 bits per heavy atom. The zero-order chi connectivity index (χ0) is 21.5. The summed E-state index contributed by atoms with van der Waals surface area (Å²) >= 11 is 6.37. The lowest BCUT2D eigenvalue weighted by Crippen LogP contribution is -1.88. The van der Waals surface area contributed by atoms with Gasteiger partial charge >= 0.3 is 0 Å². The van der Waals surface area contributed by atoms with Crippen LogP contribution in [0.3, 0.4) is 0 Å². The first-order valence-electron chi connectivity index (χ1n) is 10.6. The minimum Gasteiger partial charge on any atom is -0.456 e. The molecule has 1 aromatic heterocycles. The molecule has 0 spiro atoms. The fourth-order valence-electron chi connectivity index (χ4n) is 4.50. The summed E-state index contributed by atoms with van der Waals surface area (Å²) < 4.78 is 6.22. The van der Waals surface area contributed by atoms with Gasteiger partial charge in [-0.25, -0.2) is 0 Å². The largest absolute Gasteiger partial charge is 0.456 e. The van der Waals surface area contributed by atoms with Gasteiger partial charge in [-0.15, -0.1) is 0 Å². The Bertz CT molecular complexity index is 1580. The number of rotatable bonds is 3. The molecular weight excluding hydrogens is 412 g/mol. The van der Waals surface area contributed by atoms with Crippen LogP contribution >= 0.6 is 11.6 Å². The van der Waals surface area contributed by atoms with Crippen LogP contribution in [0.2, 0.25) is 5.02 Å². The summed E-state index contributed by atoms with van der Waals surface area (Å²) in [4.78, 5) is 0. The van der Waals surface area contributed by atoms with Crippen molar-refractivity contribution in [3.63, 3.8) is 0 Å². The molecule has 0 bridgehead atoms. The monoisotopic (exact) mass is 430 g/mol. The first-order valence-corrected chi connectivity index (χ1v) is 11.0. The Morgan fingerprint density at radius 3 is 2.09 bits per heavy atom. The van der Waals surface area contributed by atoms with E-state index < -0.39 is 0 Å². The highest BCUT2D eigenvalue weighted by molar-refractivity contribution is 6.31. The first-order chi connectivity index (χ1) is 15.8. The standard InChI is InChI=1S/C30H19ClO/c31-24-13-7-11-22(19-24)25-16-17-28-30(26-14-4-5-15-27(26)32-28)29(25)23-12-6-10-21(18-23)20-8-2-1-3-9-20/h1-19H.